The highest BCUT2D eigenvalue weighted by molar-refractivity contribution is 5.06. The average molecular weight is 226 g/mol. The minimum atomic E-state index is 0.567. The smallest absolute Gasteiger partial charge is 0.129 e. The number of nitrogens with one attached hydrogen (secondary N) is 1. The van der Waals surface area contributed by atoms with Gasteiger partial charge >= 0.3 is 0 Å². The fourth-order valence-electron chi connectivity index (χ4n) is 1.42. The molecule has 0 fully saturated rings. The normalized spacial score (nSPS) is 11.2. The molecule has 0 amide bonds. The molecule has 0 aliphatic heterocycles. The zero-order chi connectivity index (χ0) is 11.8. The predicted molar refractivity (Wildman–Crippen MR) is 64.3 cm³/mol. The van der Waals surface area contributed by atoms with Gasteiger partial charge in [-0.05, 0) is 46.2 Å². The summed E-state index contributed by atoms with van der Waals surface area (Å²) >= 11 is 0. The van der Waals surface area contributed by atoms with E-state index in [0.29, 0.717) is 6.61 Å². The average Bonchev–Trinajstić information content (AvgIpc) is 2.65. The summed E-state index contributed by atoms with van der Waals surface area (Å²) in [6.45, 7) is 3.17. The lowest BCUT2D eigenvalue weighted by Crippen LogP contribution is -2.14. The molecule has 1 aromatic heterocycles. The van der Waals surface area contributed by atoms with Gasteiger partial charge in [0.05, 0.1) is 6.54 Å². The first-order chi connectivity index (χ1) is 7.72. The molecule has 4 nitrogen and oxygen atoms in total. The molecule has 4 heteroatoms. The molecular weight excluding hydrogens is 204 g/mol. The first kappa shape index (κ1) is 13.2. The van der Waals surface area contributed by atoms with Crippen LogP contribution in [-0.2, 0) is 17.9 Å². The summed E-state index contributed by atoms with van der Waals surface area (Å²) < 4.78 is 11.1. The summed E-state index contributed by atoms with van der Waals surface area (Å²) in [5.41, 5.74) is 0. The summed E-state index contributed by atoms with van der Waals surface area (Å²) in [7, 11) is 6.03. The number of rotatable bonds is 8. The van der Waals surface area contributed by atoms with Crippen LogP contribution < -0.4 is 5.32 Å². The van der Waals surface area contributed by atoms with Crippen LogP contribution in [0.15, 0.2) is 16.5 Å². The zero-order valence-corrected chi connectivity index (χ0v) is 10.5. The van der Waals surface area contributed by atoms with Crippen molar-refractivity contribution in [1.29, 1.82) is 0 Å². The van der Waals surface area contributed by atoms with Crippen LogP contribution >= 0.6 is 0 Å². The van der Waals surface area contributed by atoms with E-state index in [0.717, 1.165) is 37.6 Å². The Kier molecular flexibility index (Phi) is 6.15. The fourth-order valence-corrected chi connectivity index (χ4v) is 1.42. The summed E-state index contributed by atoms with van der Waals surface area (Å²) in [6, 6.07) is 3.95. The topological polar surface area (TPSA) is 37.6 Å². The molecule has 0 spiro atoms. The summed E-state index contributed by atoms with van der Waals surface area (Å²) in [4.78, 5) is 2.15. The summed E-state index contributed by atoms with van der Waals surface area (Å²) in [6.07, 6.45) is 1.05. The van der Waals surface area contributed by atoms with Crippen molar-refractivity contribution in [2.75, 3.05) is 34.3 Å². The highest BCUT2D eigenvalue weighted by Gasteiger charge is 2.01. The van der Waals surface area contributed by atoms with E-state index < -0.39 is 0 Å². The molecule has 1 heterocycles. The van der Waals surface area contributed by atoms with Crippen LogP contribution in [0.1, 0.15) is 17.9 Å². The highest BCUT2D eigenvalue weighted by atomic mass is 16.5. The predicted octanol–water partition coefficient (Wildman–Crippen LogP) is 1.47. The van der Waals surface area contributed by atoms with Gasteiger partial charge in [0.2, 0.25) is 0 Å². The van der Waals surface area contributed by atoms with Gasteiger partial charge in [0.15, 0.2) is 0 Å². The van der Waals surface area contributed by atoms with Crippen molar-refractivity contribution in [3.8, 4) is 0 Å². The molecule has 0 bridgehead atoms. The molecule has 0 aromatic carbocycles. The lowest BCUT2D eigenvalue weighted by atomic mass is 10.4. The minimum Gasteiger partial charge on any atom is -0.462 e. The Balaban J connectivity index is 2.12. The standard InChI is InChI=1S/C12H22N2O2/c1-13-9-11-5-6-12(16-11)10-15-8-4-7-14(2)3/h5-6,13H,4,7-10H2,1-3H3. The van der Waals surface area contributed by atoms with Crippen molar-refractivity contribution < 1.29 is 9.15 Å². The molecule has 0 unspecified atom stereocenters. The van der Waals surface area contributed by atoms with Crippen molar-refractivity contribution in [2.24, 2.45) is 0 Å². The second-order valence-electron chi connectivity index (χ2n) is 4.11. The summed E-state index contributed by atoms with van der Waals surface area (Å²) in [5, 5.41) is 3.05. The molecule has 1 N–H and O–H groups in total. The molecule has 1 aromatic rings. The lowest BCUT2D eigenvalue weighted by molar-refractivity contribution is 0.0984. The largest absolute Gasteiger partial charge is 0.462 e. The van der Waals surface area contributed by atoms with Crippen LogP contribution in [0.5, 0.6) is 0 Å². The number of furan rings is 1. The fraction of sp³-hybridized carbons (Fsp3) is 0.667. The Labute approximate surface area is 97.6 Å². The Morgan fingerprint density at radius 1 is 1.31 bits per heavy atom. The number of hydrogen-bond acceptors (Lipinski definition) is 4. The molecular formula is C12H22N2O2. The SMILES string of the molecule is CNCc1ccc(COCCCN(C)C)o1. The highest BCUT2D eigenvalue weighted by Crippen LogP contribution is 2.08. The van der Waals surface area contributed by atoms with Crippen LogP contribution in [-0.4, -0.2) is 39.2 Å². The third kappa shape index (κ3) is 5.30. The molecule has 1 rings (SSSR count). The van der Waals surface area contributed by atoms with Crippen LogP contribution in [0.25, 0.3) is 0 Å². The first-order valence-electron chi connectivity index (χ1n) is 5.67. The molecule has 0 radical (unpaired) electrons. The maximum Gasteiger partial charge on any atom is 0.129 e. The van der Waals surface area contributed by atoms with E-state index in [1.54, 1.807) is 0 Å². The molecule has 16 heavy (non-hydrogen) atoms. The van der Waals surface area contributed by atoms with Crippen molar-refractivity contribution >= 4 is 0 Å². The number of ether oxygens (including phenoxy) is 1. The minimum absolute atomic E-state index is 0.567. The molecule has 0 aliphatic carbocycles. The van der Waals surface area contributed by atoms with Crippen LogP contribution in [0, 0.1) is 0 Å². The monoisotopic (exact) mass is 226 g/mol. The van der Waals surface area contributed by atoms with Crippen molar-refractivity contribution in [1.82, 2.24) is 10.2 Å². The van der Waals surface area contributed by atoms with Gasteiger partial charge in [0, 0.05) is 6.61 Å². The van der Waals surface area contributed by atoms with Crippen LogP contribution in [0.3, 0.4) is 0 Å². The second kappa shape index (κ2) is 7.44. The van der Waals surface area contributed by atoms with Crippen LogP contribution in [0.4, 0.5) is 0 Å². The van der Waals surface area contributed by atoms with E-state index in [1.165, 1.54) is 0 Å². The van der Waals surface area contributed by atoms with E-state index in [4.69, 9.17) is 9.15 Å². The van der Waals surface area contributed by atoms with E-state index in [9.17, 15) is 0 Å². The van der Waals surface area contributed by atoms with Gasteiger partial charge in [0.25, 0.3) is 0 Å². The van der Waals surface area contributed by atoms with E-state index in [-0.39, 0.29) is 0 Å². The molecule has 0 aliphatic rings. The quantitative estimate of drug-likeness (QED) is 0.681. The Hall–Kier alpha value is -0.840. The van der Waals surface area contributed by atoms with Gasteiger partial charge in [-0.1, -0.05) is 0 Å². The number of hydrogen-bond donors (Lipinski definition) is 1. The maximum atomic E-state index is 5.55. The third-order valence-electron chi connectivity index (χ3n) is 2.21. The molecule has 0 saturated carbocycles. The zero-order valence-electron chi connectivity index (χ0n) is 10.5. The number of nitrogens with zero attached hydrogens (tertiary/aromatic N) is 1. The van der Waals surface area contributed by atoms with Crippen molar-refractivity contribution in [3.05, 3.63) is 23.7 Å². The molecule has 92 valence electrons. The molecule has 0 saturated heterocycles. The Bertz CT molecular complexity index is 284. The second-order valence-corrected chi connectivity index (χ2v) is 4.11. The van der Waals surface area contributed by atoms with Gasteiger partial charge < -0.3 is 19.4 Å². The van der Waals surface area contributed by atoms with Crippen molar-refractivity contribution in [3.63, 3.8) is 0 Å². The maximum absolute atomic E-state index is 5.55. The van der Waals surface area contributed by atoms with Crippen LogP contribution in [0.2, 0.25) is 0 Å². The van der Waals surface area contributed by atoms with Gasteiger partial charge in [0.1, 0.15) is 18.1 Å². The van der Waals surface area contributed by atoms with E-state index in [2.05, 4.69) is 24.3 Å². The first-order valence-corrected chi connectivity index (χ1v) is 5.67. The van der Waals surface area contributed by atoms with E-state index >= 15 is 0 Å². The molecule has 0 atom stereocenters. The lowest BCUT2D eigenvalue weighted by Gasteiger charge is -2.08. The van der Waals surface area contributed by atoms with Gasteiger partial charge in [-0.3, -0.25) is 0 Å². The van der Waals surface area contributed by atoms with Crippen molar-refractivity contribution in [2.45, 2.75) is 19.6 Å². The summed E-state index contributed by atoms with van der Waals surface area (Å²) in [5.74, 6) is 1.85. The van der Waals surface area contributed by atoms with Gasteiger partial charge in [-0.15, -0.1) is 0 Å². The third-order valence-corrected chi connectivity index (χ3v) is 2.21. The van der Waals surface area contributed by atoms with E-state index in [1.807, 2.05) is 19.2 Å². The Morgan fingerprint density at radius 2 is 2.06 bits per heavy atom. The Morgan fingerprint density at radius 3 is 2.75 bits per heavy atom. The van der Waals surface area contributed by atoms with Gasteiger partial charge in [-0.25, -0.2) is 0 Å². The van der Waals surface area contributed by atoms with Gasteiger partial charge in [-0.2, -0.15) is 0 Å².